The molecule has 6 nitrogen and oxygen atoms in total. The molecule has 24 heavy (non-hydrogen) atoms. The van der Waals surface area contributed by atoms with Crippen molar-refractivity contribution in [2.45, 2.75) is 39.7 Å². The van der Waals surface area contributed by atoms with E-state index in [-0.39, 0.29) is 11.5 Å². The first-order valence-electron chi connectivity index (χ1n) is 7.53. The molecule has 0 fully saturated rings. The number of benzene rings is 1. The van der Waals surface area contributed by atoms with Crippen molar-refractivity contribution < 1.29 is 18.8 Å². The molecule has 0 saturated carbocycles. The lowest BCUT2D eigenvalue weighted by atomic mass is 10.1. The molecule has 1 aromatic carbocycles. The molecule has 0 aliphatic heterocycles. The first kappa shape index (κ1) is 18.2. The normalized spacial score (nSPS) is 12.1. The van der Waals surface area contributed by atoms with Crippen LogP contribution in [0.1, 0.15) is 48.5 Å². The first-order chi connectivity index (χ1) is 11.3. The summed E-state index contributed by atoms with van der Waals surface area (Å²) < 4.78 is 11.3. The molecule has 0 spiro atoms. The molecule has 0 aliphatic rings. The van der Waals surface area contributed by atoms with Crippen LogP contribution in [0.3, 0.4) is 0 Å². The van der Waals surface area contributed by atoms with E-state index in [0.29, 0.717) is 17.1 Å². The Kier molecular flexibility index (Phi) is 5.77. The van der Waals surface area contributed by atoms with Crippen LogP contribution in [0.25, 0.3) is 0 Å². The number of amides is 1. The molecule has 7 heteroatoms. The Morgan fingerprint density at radius 3 is 2.62 bits per heavy atom. The van der Waals surface area contributed by atoms with Crippen molar-refractivity contribution in [3.8, 4) is 0 Å². The number of ether oxygens (including phenoxy) is 1. The number of rotatable bonds is 5. The maximum absolute atomic E-state index is 12.4. The lowest BCUT2D eigenvalue weighted by Gasteiger charge is -2.14. The first-order valence-corrected chi connectivity index (χ1v) is 8.32. The van der Waals surface area contributed by atoms with E-state index < -0.39 is 18.0 Å². The largest absolute Gasteiger partial charge is 0.449 e. The lowest BCUT2D eigenvalue weighted by Crippen LogP contribution is -2.30. The van der Waals surface area contributed by atoms with Crippen LogP contribution in [0.2, 0.25) is 0 Å². The third-order valence-corrected chi connectivity index (χ3v) is 3.86. The van der Waals surface area contributed by atoms with Crippen LogP contribution in [0, 0.1) is 6.92 Å². The van der Waals surface area contributed by atoms with Gasteiger partial charge in [-0.15, -0.1) is 0 Å². The Balaban J connectivity index is 2.06. The molecule has 2 rings (SSSR count). The van der Waals surface area contributed by atoms with Crippen LogP contribution < -0.4 is 5.32 Å². The topological polar surface area (TPSA) is 81.4 Å². The van der Waals surface area contributed by atoms with Crippen molar-refractivity contribution in [3.05, 3.63) is 45.8 Å². The second-order valence-corrected chi connectivity index (χ2v) is 6.62. The maximum Gasteiger partial charge on any atom is 0.344 e. The summed E-state index contributed by atoms with van der Waals surface area (Å²) in [4.78, 5) is 24.6. The molecule has 1 amide bonds. The van der Waals surface area contributed by atoms with E-state index in [1.807, 2.05) is 19.9 Å². The summed E-state index contributed by atoms with van der Waals surface area (Å²) in [5, 5.41) is 6.51. The minimum Gasteiger partial charge on any atom is -0.449 e. The third-order valence-electron chi connectivity index (χ3n) is 3.36. The van der Waals surface area contributed by atoms with Crippen LogP contribution in [0.15, 0.2) is 33.3 Å². The van der Waals surface area contributed by atoms with Gasteiger partial charge in [-0.25, -0.2) is 4.79 Å². The van der Waals surface area contributed by atoms with Crippen LogP contribution in [0.4, 0.5) is 5.69 Å². The summed E-state index contributed by atoms with van der Waals surface area (Å²) in [6, 6.07) is 7.15. The molecule has 0 bridgehead atoms. The fourth-order valence-electron chi connectivity index (χ4n) is 2.11. The Morgan fingerprint density at radius 2 is 2.00 bits per heavy atom. The van der Waals surface area contributed by atoms with Gasteiger partial charge >= 0.3 is 5.97 Å². The summed E-state index contributed by atoms with van der Waals surface area (Å²) in [5.74, 6) is -0.590. The Hall–Kier alpha value is -2.15. The predicted molar refractivity (Wildman–Crippen MR) is 93.0 cm³/mol. The van der Waals surface area contributed by atoms with Crippen molar-refractivity contribution in [1.82, 2.24) is 5.16 Å². The number of nitrogens with one attached hydrogen (secondary N) is 1. The fraction of sp³-hybridized carbons (Fsp3) is 0.353. The zero-order valence-corrected chi connectivity index (χ0v) is 15.5. The molecule has 1 atom stereocenters. The highest BCUT2D eigenvalue weighted by Crippen LogP contribution is 2.23. The molecule has 0 unspecified atom stereocenters. The van der Waals surface area contributed by atoms with Gasteiger partial charge in [-0.1, -0.05) is 41.0 Å². The number of carbonyl (C=O) groups excluding carboxylic acids is 2. The summed E-state index contributed by atoms with van der Waals surface area (Å²) >= 11 is 3.33. The van der Waals surface area contributed by atoms with Crippen molar-refractivity contribution in [2.24, 2.45) is 0 Å². The predicted octanol–water partition coefficient (Wildman–Crippen LogP) is 4.05. The molecule has 1 N–H and O–H groups in total. The fourth-order valence-corrected chi connectivity index (χ4v) is 2.51. The van der Waals surface area contributed by atoms with Crippen molar-refractivity contribution in [3.63, 3.8) is 0 Å². The monoisotopic (exact) mass is 394 g/mol. The number of aryl methyl sites for hydroxylation is 1. The Bertz CT molecular complexity index is 755. The molecule has 128 valence electrons. The number of hydrogen-bond donors (Lipinski definition) is 1. The number of anilines is 1. The quantitative estimate of drug-likeness (QED) is 0.773. The molecule has 1 aromatic heterocycles. The third kappa shape index (κ3) is 4.23. The number of hydrogen-bond acceptors (Lipinski definition) is 5. The van der Waals surface area contributed by atoms with Crippen LogP contribution in [-0.4, -0.2) is 23.1 Å². The van der Waals surface area contributed by atoms with Crippen LogP contribution in [0.5, 0.6) is 0 Å². The summed E-state index contributed by atoms with van der Waals surface area (Å²) in [6.45, 7) is 6.96. The van der Waals surface area contributed by atoms with Gasteiger partial charge in [0.05, 0.1) is 5.69 Å². The minimum atomic E-state index is -0.953. The van der Waals surface area contributed by atoms with Gasteiger partial charge in [0, 0.05) is 16.1 Å². The number of halogens is 1. The average Bonchev–Trinajstić information content (AvgIpc) is 2.89. The van der Waals surface area contributed by atoms with E-state index in [0.717, 1.165) is 4.47 Å². The summed E-state index contributed by atoms with van der Waals surface area (Å²) in [5.41, 5.74) is 1.34. The van der Waals surface area contributed by atoms with E-state index in [1.165, 1.54) is 6.92 Å². The van der Waals surface area contributed by atoms with E-state index in [9.17, 15) is 9.59 Å². The molecule has 0 saturated heterocycles. The lowest BCUT2D eigenvalue weighted by molar-refractivity contribution is -0.123. The molecular formula is C17H19BrN2O4. The number of esters is 1. The van der Waals surface area contributed by atoms with Gasteiger partial charge in [-0.2, -0.15) is 0 Å². The smallest absolute Gasteiger partial charge is 0.344 e. The zero-order valence-electron chi connectivity index (χ0n) is 13.9. The van der Waals surface area contributed by atoms with Crippen molar-refractivity contribution in [1.29, 1.82) is 0 Å². The van der Waals surface area contributed by atoms with E-state index in [2.05, 4.69) is 26.4 Å². The van der Waals surface area contributed by atoms with Gasteiger partial charge in [0.15, 0.2) is 11.9 Å². The summed E-state index contributed by atoms with van der Waals surface area (Å²) in [7, 11) is 0. The molecular weight excluding hydrogens is 376 g/mol. The SMILES string of the molecule is Cc1noc(C(C)C)c1C(=O)O[C@@H](C)C(=O)Nc1cccc(Br)c1. The van der Waals surface area contributed by atoms with E-state index >= 15 is 0 Å². The highest BCUT2D eigenvalue weighted by atomic mass is 79.9. The van der Waals surface area contributed by atoms with Crippen LogP contribution >= 0.6 is 15.9 Å². The molecule has 1 heterocycles. The minimum absolute atomic E-state index is 0.0143. The second-order valence-electron chi connectivity index (χ2n) is 5.71. The maximum atomic E-state index is 12.4. The highest BCUT2D eigenvalue weighted by Gasteiger charge is 2.27. The standard InChI is InChI=1S/C17H19BrN2O4/c1-9(2)15-14(10(3)20-24-15)17(22)23-11(4)16(21)19-13-7-5-6-12(18)8-13/h5-9,11H,1-4H3,(H,19,21)/t11-/m0/s1. The van der Waals surface area contributed by atoms with Gasteiger partial charge < -0.3 is 14.6 Å². The average molecular weight is 395 g/mol. The number of aromatic nitrogens is 1. The van der Waals surface area contributed by atoms with E-state index in [1.54, 1.807) is 25.1 Å². The Labute approximate surface area is 148 Å². The van der Waals surface area contributed by atoms with Crippen molar-refractivity contribution >= 4 is 33.5 Å². The van der Waals surface area contributed by atoms with Gasteiger partial charge in [0.2, 0.25) is 0 Å². The van der Waals surface area contributed by atoms with E-state index in [4.69, 9.17) is 9.26 Å². The van der Waals surface area contributed by atoms with Gasteiger partial charge in [0.25, 0.3) is 5.91 Å². The van der Waals surface area contributed by atoms with Gasteiger partial charge in [0.1, 0.15) is 5.56 Å². The zero-order chi connectivity index (χ0) is 17.9. The Morgan fingerprint density at radius 1 is 1.29 bits per heavy atom. The van der Waals surface area contributed by atoms with Gasteiger partial charge in [-0.05, 0) is 32.0 Å². The summed E-state index contributed by atoms with van der Waals surface area (Å²) in [6.07, 6.45) is -0.953. The molecule has 0 radical (unpaired) electrons. The van der Waals surface area contributed by atoms with Crippen molar-refractivity contribution in [2.75, 3.05) is 5.32 Å². The number of carbonyl (C=O) groups is 2. The second kappa shape index (κ2) is 7.61. The number of nitrogens with zero attached hydrogens (tertiary/aromatic N) is 1. The highest BCUT2D eigenvalue weighted by molar-refractivity contribution is 9.10. The van der Waals surface area contributed by atoms with Gasteiger partial charge in [-0.3, -0.25) is 4.79 Å². The van der Waals surface area contributed by atoms with Crippen LogP contribution in [-0.2, 0) is 9.53 Å². The molecule has 0 aliphatic carbocycles. The molecule has 2 aromatic rings.